The van der Waals surface area contributed by atoms with E-state index in [9.17, 15) is 26.4 Å². The molecule has 2 aromatic rings. The Morgan fingerprint density at radius 1 is 1.19 bits per heavy atom. The summed E-state index contributed by atoms with van der Waals surface area (Å²) in [7, 11) is -5.29. The van der Waals surface area contributed by atoms with E-state index in [1.165, 1.54) is 10.9 Å². The molecule has 2 aromatic heterocycles. The molecule has 1 aliphatic rings. The lowest BCUT2D eigenvalue weighted by molar-refractivity contribution is -0.0447. The monoisotopic (exact) mass is 426 g/mol. The molecule has 0 bridgehead atoms. The zero-order valence-corrected chi connectivity index (χ0v) is 15.7. The molecular formula is C15H18ClF3N4O3S. The Morgan fingerprint density at radius 3 is 2.63 bits per heavy atom. The summed E-state index contributed by atoms with van der Waals surface area (Å²) >= 11 is 0. The number of sulfonamides is 1. The van der Waals surface area contributed by atoms with Crippen molar-refractivity contribution in [2.75, 3.05) is 13.1 Å². The highest BCUT2D eigenvalue weighted by Gasteiger charge is 2.45. The molecule has 0 fully saturated rings. The first kappa shape index (κ1) is 21.5. The van der Waals surface area contributed by atoms with Crippen LogP contribution < -0.4 is 4.72 Å². The summed E-state index contributed by atoms with van der Waals surface area (Å²) in [6.07, 6.45) is 2.83. The van der Waals surface area contributed by atoms with E-state index in [0.717, 1.165) is 5.69 Å². The van der Waals surface area contributed by atoms with Crippen LogP contribution in [0.25, 0.3) is 5.65 Å². The Kier molecular flexibility index (Phi) is 6.38. The fraction of sp³-hybridized carbons (Fsp3) is 0.467. The minimum absolute atomic E-state index is 0. The number of nitrogens with zero attached hydrogens (tertiary/aromatic N) is 3. The average molecular weight is 427 g/mol. The van der Waals surface area contributed by atoms with E-state index in [2.05, 4.69) is 4.98 Å². The highest BCUT2D eigenvalue weighted by atomic mass is 35.5. The van der Waals surface area contributed by atoms with E-state index in [4.69, 9.17) is 0 Å². The van der Waals surface area contributed by atoms with Crippen molar-refractivity contribution in [3.63, 3.8) is 0 Å². The third-order valence-corrected chi connectivity index (χ3v) is 5.36. The molecule has 1 aliphatic heterocycles. The lowest BCUT2D eigenvalue weighted by atomic mass is 10.2. The maximum absolute atomic E-state index is 12.5. The minimum atomic E-state index is -5.29. The summed E-state index contributed by atoms with van der Waals surface area (Å²) in [5.41, 5.74) is -3.16. The van der Waals surface area contributed by atoms with Gasteiger partial charge in [0.1, 0.15) is 11.3 Å². The Hall–Kier alpha value is -1.85. The van der Waals surface area contributed by atoms with E-state index >= 15 is 0 Å². The number of carbonyl (C=O) groups is 1. The van der Waals surface area contributed by atoms with Gasteiger partial charge in [-0.25, -0.2) is 18.1 Å². The van der Waals surface area contributed by atoms with Gasteiger partial charge >= 0.3 is 15.5 Å². The van der Waals surface area contributed by atoms with Gasteiger partial charge in [-0.15, -0.1) is 12.4 Å². The van der Waals surface area contributed by atoms with Gasteiger partial charge in [0.25, 0.3) is 5.91 Å². The van der Waals surface area contributed by atoms with Gasteiger partial charge in [-0.2, -0.15) is 13.2 Å². The van der Waals surface area contributed by atoms with Crippen molar-refractivity contribution in [1.82, 2.24) is 19.0 Å². The van der Waals surface area contributed by atoms with Crippen molar-refractivity contribution in [2.24, 2.45) is 0 Å². The molecule has 0 saturated heterocycles. The van der Waals surface area contributed by atoms with Crippen LogP contribution in [0.5, 0.6) is 0 Å². The number of pyridine rings is 1. The molecule has 150 valence electrons. The van der Waals surface area contributed by atoms with E-state index in [1.807, 2.05) is 22.6 Å². The van der Waals surface area contributed by atoms with Gasteiger partial charge in [0, 0.05) is 18.8 Å². The van der Waals surface area contributed by atoms with E-state index in [-0.39, 0.29) is 31.3 Å². The number of alkyl halides is 3. The number of unbranched alkanes of at least 4 members (excludes halogenated alkanes) is 2. The SMILES string of the molecule is Cl.O=C1c2cnc3cccc(n23)CN1CCCCCNS(=O)(=O)C(F)(F)F. The van der Waals surface area contributed by atoms with Gasteiger partial charge in [-0.1, -0.05) is 12.5 Å². The van der Waals surface area contributed by atoms with Crippen molar-refractivity contribution in [2.45, 2.75) is 31.3 Å². The fourth-order valence-corrected chi connectivity index (χ4v) is 3.46. The molecule has 0 saturated carbocycles. The number of rotatable bonds is 7. The third-order valence-electron chi connectivity index (χ3n) is 4.17. The van der Waals surface area contributed by atoms with Gasteiger partial charge in [0.15, 0.2) is 0 Å². The standard InChI is InChI=1S/C15H17F3N4O3S.ClH/c16-15(17,18)26(24,25)20-7-2-1-3-8-21-10-11-5-4-6-13-19-9-12(14(21)23)22(11)13;/h4-6,9,20H,1-3,7-8,10H2;1H. The van der Waals surface area contributed by atoms with Crippen LogP contribution in [0.15, 0.2) is 24.4 Å². The molecule has 0 atom stereocenters. The molecule has 0 spiro atoms. The van der Waals surface area contributed by atoms with Gasteiger partial charge in [0.05, 0.1) is 12.7 Å². The second-order valence-corrected chi connectivity index (χ2v) is 7.74. The lowest BCUT2D eigenvalue weighted by Crippen LogP contribution is -2.37. The molecule has 1 N–H and O–H groups in total. The largest absolute Gasteiger partial charge is 0.511 e. The Labute approximate surface area is 160 Å². The zero-order chi connectivity index (χ0) is 18.9. The quantitative estimate of drug-likeness (QED) is 0.689. The molecule has 0 aliphatic carbocycles. The van der Waals surface area contributed by atoms with E-state index < -0.39 is 15.5 Å². The van der Waals surface area contributed by atoms with Crippen molar-refractivity contribution >= 4 is 34.0 Å². The van der Waals surface area contributed by atoms with Crippen LogP contribution in [-0.2, 0) is 16.6 Å². The molecular weight excluding hydrogens is 409 g/mol. The summed E-state index contributed by atoms with van der Waals surface area (Å²) in [6.45, 7) is 0.578. The van der Waals surface area contributed by atoms with Crippen molar-refractivity contribution in [3.05, 3.63) is 35.8 Å². The molecule has 0 radical (unpaired) electrons. The fourth-order valence-electron chi connectivity index (χ4n) is 2.88. The van der Waals surface area contributed by atoms with Crippen molar-refractivity contribution in [1.29, 1.82) is 0 Å². The number of imidazole rings is 1. The summed E-state index contributed by atoms with van der Waals surface area (Å²) in [6, 6.07) is 5.59. The van der Waals surface area contributed by atoms with Crippen LogP contribution in [0.2, 0.25) is 0 Å². The Bertz CT molecular complexity index is 930. The average Bonchev–Trinajstić information content (AvgIpc) is 2.99. The van der Waals surface area contributed by atoms with E-state index in [0.29, 0.717) is 37.3 Å². The summed E-state index contributed by atoms with van der Waals surface area (Å²) < 4.78 is 61.6. The Morgan fingerprint density at radius 2 is 1.93 bits per heavy atom. The van der Waals surface area contributed by atoms with Gasteiger partial charge in [0.2, 0.25) is 0 Å². The first-order chi connectivity index (χ1) is 12.2. The number of hydrogen-bond acceptors (Lipinski definition) is 4. The van der Waals surface area contributed by atoms with Crippen LogP contribution in [0.3, 0.4) is 0 Å². The second-order valence-electron chi connectivity index (χ2n) is 5.99. The molecule has 7 nitrogen and oxygen atoms in total. The number of carbonyl (C=O) groups excluding carboxylic acids is 1. The summed E-state index contributed by atoms with van der Waals surface area (Å²) in [5.74, 6) is -0.144. The maximum Gasteiger partial charge on any atom is 0.511 e. The predicted molar refractivity (Wildman–Crippen MR) is 94.0 cm³/mol. The topological polar surface area (TPSA) is 83.8 Å². The molecule has 3 heterocycles. The number of hydrogen-bond donors (Lipinski definition) is 1. The highest BCUT2D eigenvalue weighted by molar-refractivity contribution is 7.90. The first-order valence-corrected chi connectivity index (χ1v) is 9.49. The smallest absolute Gasteiger partial charge is 0.331 e. The second kappa shape index (κ2) is 8.03. The van der Waals surface area contributed by atoms with Gasteiger partial charge in [-0.05, 0) is 25.0 Å². The van der Waals surface area contributed by atoms with Crippen LogP contribution in [0, 0.1) is 0 Å². The lowest BCUT2D eigenvalue weighted by Gasteiger charge is -2.27. The third kappa shape index (κ3) is 4.36. The van der Waals surface area contributed by atoms with Crippen LogP contribution in [0.1, 0.15) is 35.4 Å². The number of amides is 1. The van der Waals surface area contributed by atoms with Crippen LogP contribution >= 0.6 is 12.4 Å². The summed E-state index contributed by atoms with van der Waals surface area (Å²) in [5, 5.41) is 0. The molecule has 27 heavy (non-hydrogen) atoms. The first-order valence-electron chi connectivity index (χ1n) is 8.01. The minimum Gasteiger partial charge on any atom is -0.331 e. The molecule has 3 rings (SSSR count). The van der Waals surface area contributed by atoms with Crippen molar-refractivity contribution < 1.29 is 26.4 Å². The van der Waals surface area contributed by atoms with Gasteiger partial charge < -0.3 is 4.90 Å². The van der Waals surface area contributed by atoms with E-state index in [1.54, 1.807) is 4.90 Å². The number of halogens is 4. The zero-order valence-electron chi connectivity index (χ0n) is 14.1. The molecule has 12 heteroatoms. The number of aromatic nitrogens is 2. The Balaban J connectivity index is 0.00000261. The summed E-state index contributed by atoms with van der Waals surface area (Å²) in [4.78, 5) is 18.3. The van der Waals surface area contributed by atoms with Crippen LogP contribution in [-0.4, -0.2) is 47.2 Å². The normalized spacial score (nSPS) is 14.5. The molecule has 0 unspecified atom stereocenters. The number of nitrogens with one attached hydrogen (secondary N) is 1. The van der Waals surface area contributed by atoms with Crippen molar-refractivity contribution in [3.8, 4) is 0 Å². The molecule has 1 amide bonds. The van der Waals surface area contributed by atoms with Gasteiger partial charge in [-0.3, -0.25) is 9.20 Å². The maximum atomic E-state index is 12.5. The highest BCUT2D eigenvalue weighted by Crippen LogP contribution is 2.22. The predicted octanol–water partition coefficient (Wildman–Crippen LogP) is 2.32. The van der Waals surface area contributed by atoms with Crippen LogP contribution in [0.4, 0.5) is 13.2 Å². The molecule has 0 aromatic carbocycles.